The molecule has 0 bridgehead atoms. The fourth-order valence-electron chi connectivity index (χ4n) is 1.58. The molecule has 0 heterocycles. The summed E-state index contributed by atoms with van der Waals surface area (Å²) < 4.78 is 0. The van der Waals surface area contributed by atoms with Gasteiger partial charge in [-0.05, 0) is 24.1 Å². The Kier molecular flexibility index (Phi) is 6.43. The lowest BCUT2D eigenvalue weighted by Crippen LogP contribution is -2.32. The predicted molar refractivity (Wildman–Crippen MR) is 78.1 cm³/mol. The Morgan fingerprint density at radius 1 is 1.42 bits per heavy atom. The maximum absolute atomic E-state index is 11.5. The zero-order chi connectivity index (χ0) is 14.1. The van der Waals surface area contributed by atoms with E-state index in [0.29, 0.717) is 18.1 Å². The summed E-state index contributed by atoms with van der Waals surface area (Å²) in [6.07, 6.45) is 2.19. The monoisotopic (exact) mass is 262 g/mol. The molecule has 0 aliphatic rings. The lowest BCUT2D eigenvalue weighted by Gasteiger charge is -2.05. The van der Waals surface area contributed by atoms with Gasteiger partial charge in [-0.3, -0.25) is 4.79 Å². The lowest BCUT2D eigenvalue weighted by atomic mass is 10.1. The van der Waals surface area contributed by atoms with Crippen molar-refractivity contribution in [2.24, 2.45) is 10.7 Å². The van der Waals surface area contributed by atoms with E-state index in [1.54, 1.807) is 13.1 Å². The summed E-state index contributed by atoms with van der Waals surface area (Å²) in [7, 11) is 1.61. The van der Waals surface area contributed by atoms with Crippen LogP contribution in [-0.2, 0) is 6.54 Å². The van der Waals surface area contributed by atoms with Crippen molar-refractivity contribution in [3.8, 4) is 0 Å². The minimum Gasteiger partial charge on any atom is -0.370 e. The molecular weight excluding hydrogens is 240 g/mol. The molecule has 1 amide bonds. The van der Waals surface area contributed by atoms with Gasteiger partial charge in [0.15, 0.2) is 5.96 Å². The van der Waals surface area contributed by atoms with Crippen LogP contribution in [0.25, 0.3) is 0 Å². The largest absolute Gasteiger partial charge is 0.370 e. The second-order valence-electron chi connectivity index (χ2n) is 4.26. The van der Waals surface area contributed by atoms with Crippen molar-refractivity contribution in [2.45, 2.75) is 26.3 Å². The Labute approximate surface area is 114 Å². The molecule has 1 aromatic carbocycles. The van der Waals surface area contributed by atoms with E-state index in [0.717, 1.165) is 24.9 Å². The molecule has 1 aromatic rings. The highest BCUT2D eigenvalue weighted by Gasteiger charge is 2.03. The van der Waals surface area contributed by atoms with Crippen molar-refractivity contribution in [2.75, 3.05) is 13.6 Å². The van der Waals surface area contributed by atoms with Crippen LogP contribution >= 0.6 is 0 Å². The predicted octanol–water partition coefficient (Wildman–Crippen LogP) is 1.25. The number of carbonyl (C=O) groups excluding carboxylic acids is 1. The van der Waals surface area contributed by atoms with E-state index < -0.39 is 0 Å². The fourth-order valence-corrected chi connectivity index (χ4v) is 1.58. The quantitative estimate of drug-likeness (QED) is 0.410. The third kappa shape index (κ3) is 5.42. The topological polar surface area (TPSA) is 79.5 Å². The van der Waals surface area contributed by atoms with Crippen LogP contribution < -0.4 is 16.4 Å². The highest BCUT2D eigenvalue weighted by Crippen LogP contribution is 2.06. The molecule has 0 fully saturated rings. The van der Waals surface area contributed by atoms with Gasteiger partial charge in [0.2, 0.25) is 0 Å². The van der Waals surface area contributed by atoms with Crippen molar-refractivity contribution in [1.29, 1.82) is 0 Å². The summed E-state index contributed by atoms with van der Waals surface area (Å²) in [5, 5.41) is 5.65. The first-order valence-electron chi connectivity index (χ1n) is 6.52. The summed E-state index contributed by atoms with van der Waals surface area (Å²) >= 11 is 0. The zero-order valence-electron chi connectivity index (χ0n) is 11.6. The van der Waals surface area contributed by atoms with Crippen molar-refractivity contribution in [1.82, 2.24) is 10.6 Å². The van der Waals surface area contributed by atoms with Crippen LogP contribution in [0, 0.1) is 0 Å². The van der Waals surface area contributed by atoms with Crippen molar-refractivity contribution in [3.63, 3.8) is 0 Å². The third-order valence-electron chi connectivity index (χ3n) is 2.68. The Morgan fingerprint density at radius 2 is 2.21 bits per heavy atom. The molecule has 104 valence electrons. The first-order valence-corrected chi connectivity index (χ1v) is 6.52. The van der Waals surface area contributed by atoms with Crippen LogP contribution in [0.15, 0.2) is 29.3 Å². The molecule has 5 nitrogen and oxygen atoms in total. The van der Waals surface area contributed by atoms with Gasteiger partial charge in [0.1, 0.15) is 0 Å². The molecule has 4 N–H and O–H groups in total. The highest BCUT2D eigenvalue weighted by atomic mass is 16.1. The Bertz CT molecular complexity index is 443. The number of nitrogens with one attached hydrogen (secondary N) is 2. The number of rotatable bonds is 6. The van der Waals surface area contributed by atoms with Gasteiger partial charge >= 0.3 is 0 Å². The minimum absolute atomic E-state index is 0.0973. The van der Waals surface area contributed by atoms with Crippen LogP contribution in [0.4, 0.5) is 0 Å². The number of aliphatic imine (C=N–C) groups is 1. The van der Waals surface area contributed by atoms with Gasteiger partial charge < -0.3 is 16.4 Å². The first kappa shape index (κ1) is 15.0. The van der Waals surface area contributed by atoms with Gasteiger partial charge in [-0.1, -0.05) is 25.5 Å². The molecule has 0 saturated carbocycles. The van der Waals surface area contributed by atoms with Crippen molar-refractivity contribution >= 4 is 11.9 Å². The van der Waals surface area contributed by atoms with Gasteiger partial charge in [0.05, 0.1) is 6.54 Å². The molecule has 0 atom stereocenters. The molecule has 0 aliphatic carbocycles. The second kappa shape index (κ2) is 8.13. The van der Waals surface area contributed by atoms with E-state index in [-0.39, 0.29) is 5.91 Å². The standard InChI is InChI=1S/C14H22N4O/c1-3-4-8-17-14(15)18-10-11-6-5-7-12(9-11)13(19)16-2/h5-7,9H,3-4,8,10H2,1-2H3,(H,16,19)(H3,15,17,18). The number of hydrogen-bond acceptors (Lipinski definition) is 2. The lowest BCUT2D eigenvalue weighted by molar-refractivity contribution is 0.0963. The van der Waals surface area contributed by atoms with Crippen LogP contribution in [0.3, 0.4) is 0 Å². The normalized spacial score (nSPS) is 11.2. The Balaban J connectivity index is 2.57. The molecule has 0 aromatic heterocycles. The van der Waals surface area contributed by atoms with E-state index in [2.05, 4.69) is 22.5 Å². The van der Waals surface area contributed by atoms with Gasteiger partial charge in [-0.25, -0.2) is 4.99 Å². The van der Waals surface area contributed by atoms with Crippen LogP contribution in [0.2, 0.25) is 0 Å². The van der Waals surface area contributed by atoms with E-state index in [9.17, 15) is 4.79 Å². The molecular formula is C14H22N4O. The number of guanidine groups is 1. The average Bonchev–Trinajstić information content (AvgIpc) is 2.45. The van der Waals surface area contributed by atoms with E-state index in [4.69, 9.17) is 5.73 Å². The molecule has 19 heavy (non-hydrogen) atoms. The molecule has 0 aliphatic heterocycles. The molecule has 5 heteroatoms. The number of nitrogens with zero attached hydrogens (tertiary/aromatic N) is 1. The van der Waals surface area contributed by atoms with Crippen molar-refractivity contribution in [3.05, 3.63) is 35.4 Å². The zero-order valence-corrected chi connectivity index (χ0v) is 11.6. The SMILES string of the molecule is CCCCNC(N)=NCc1cccc(C(=O)NC)c1. The van der Waals surface area contributed by atoms with Crippen LogP contribution in [0.1, 0.15) is 35.7 Å². The van der Waals surface area contributed by atoms with Gasteiger partial charge in [0, 0.05) is 19.2 Å². The van der Waals surface area contributed by atoms with E-state index in [1.165, 1.54) is 0 Å². The van der Waals surface area contributed by atoms with E-state index in [1.807, 2.05) is 18.2 Å². The summed E-state index contributed by atoms with van der Waals surface area (Å²) in [6, 6.07) is 7.36. The fraction of sp³-hybridized carbons (Fsp3) is 0.429. The van der Waals surface area contributed by atoms with Gasteiger partial charge in [-0.15, -0.1) is 0 Å². The molecule has 0 saturated heterocycles. The molecule has 0 radical (unpaired) electrons. The smallest absolute Gasteiger partial charge is 0.251 e. The molecule has 0 spiro atoms. The first-order chi connectivity index (χ1) is 9.17. The average molecular weight is 262 g/mol. The Morgan fingerprint density at radius 3 is 2.89 bits per heavy atom. The number of unbranched alkanes of at least 4 members (excludes halogenated alkanes) is 1. The van der Waals surface area contributed by atoms with Gasteiger partial charge in [0.25, 0.3) is 5.91 Å². The van der Waals surface area contributed by atoms with E-state index >= 15 is 0 Å². The van der Waals surface area contributed by atoms with Crippen molar-refractivity contribution < 1.29 is 4.79 Å². The molecule has 1 rings (SSSR count). The maximum Gasteiger partial charge on any atom is 0.251 e. The maximum atomic E-state index is 11.5. The summed E-state index contributed by atoms with van der Waals surface area (Å²) in [5.74, 6) is 0.346. The Hall–Kier alpha value is -2.04. The van der Waals surface area contributed by atoms with Gasteiger partial charge in [-0.2, -0.15) is 0 Å². The summed E-state index contributed by atoms with van der Waals surface area (Å²) in [4.78, 5) is 15.7. The number of hydrogen-bond donors (Lipinski definition) is 3. The second-order valence-corrected chi connectivity index (χ2v) is 4.26. The minimum atomic E-state index is -0.0973. The van der Waals surface area contributed by atoms with Crippen LogP contribution in [-0.4, -0.2) is 25.5 Å². The number of amides is 1. The third-order valence-corrected chi connectivity index (χ3v) is 2.68. The highest BCUT2D eigenvalue weighted by molar-refractivity contribution is 5.94. The number of carbonyl (C=O) groups is 1. The van der Waals surface area contributed by atoms with Crippen LogP contribution in [0.5, 0.6) is 0 Å². The summed E-state index contributed by atoms with van der Waals surface area (Å²) in [6.45, 7) is 3.43. The number of nitrogens with two attached hydrogens (primary N) is 1. The molecule has 0 unspecified atom stereocenters. The number of benzene rings is 1. The summed E-state index contributed by atoms with van der Waals surface area (Å²) in [5.41, 5.74) is 7.34.